The van der Waals surface area contributed by atoms with Crippen molar-refractivity contribution in [2.45, 2.75) is 33.0 Å². The third-order valence-electron chi connectivity index (χ3n) is 5.33. The highest BCUT2D eigenvalue weighted by Gasteiger charge is 2.44. The standard InChI is InChI=1S/C24H25ClN2O4/c1-4-30-20-8-6-5-7-19(20)27-23(28)21(17-9-11-18(25)12-10-17)22(24(27)29)26-13-15(2)31-16(3)14-26/h5-12,15-16H,4,13-14H2,1-3H3. The Labute approximate surface area is 187 Å². The van der Waals surface area contributed by atoms with Crippen molar-refractivity contribution in [3.8, 4) is 5.75 Å². The molecule has 4 rings (SSSR count). The summed E-state index contributed by atoms with van der Waals surface area (Å²) in [6, 6.07) is 14.1. The highest BCUT2D eigenvalue weighted by molar-refractivity contribution is 6.45. The molecule has 0 aliphatic carbocycles. The van der Waals surface area contributed by atoms with Crippen molar-refractivity contribution >= 4 is 34.7 Å². The molecule has 2 amide bonds. The first-order valence-corrected chi connectivity index (χ1v) is 10.8. The average molecular weight is 441 g/mol. The van der Waals surface area contributed by atoms with Crippen LogP contribution >= 0.6 is 11.6 Å². The SMILES string of the molecule is CCOc1ccccc1N1C(=O)C(c2ccc(Cl)cc2)=C(N2CC(C)OC(C)C2)C1=O. The fourth-order valence-corrected chi connectivity index (χ4v) is 4.31. The summed E-state index contributed by atoms with van der Waals surface area (Å²) in [4.78, 5) is 30.6. The second-order valence-corrected chi connectivity index (χ2v) is 8.18. The van der Waals surface area contributed by atoms with Gasteiger partial charge in [-0.05, 0) is 50.6 Å². The van der Waals surface area contributed by atoms with Crippen LogP contribution in [0.2, 0.25) is 5.02 Å². The average Bonchev–Trinajstić information content (AvgIpc) is 2.99. The van der Waals surface area contributed by atoms with Crippen LogP contribution in [-0.4, -0.2) is 48.6 Å². The van der Waals surface area contributed by atoms with Gasteiger partial charge in [-0.3, -0.25) is 9.59 Å². The number of halogens is 1. The second kappa shape index (κ2) is 8.73. The Morgan fingerprint density at radius 3 is 2.29 bits per heavy atom. The maximum atomic E-state index is 13.7. The largest absolute Gasteiger partial charge is 0.492 e. The molecule has 2 atom stereocenters. The van der Waals surface area contributed by atoms with Gasteiger partial charge in [0.25, 0.3) is 11.8 Å². The van der Waals surface area contributed by atoms with Gasteiger partial charge in [-0.15, -0.1) is 0 Å². The summed E-state index contributed by atoms with van der Waals surface area (Å²) in [7, 11) is 0. The minimum Gasteiger partial charge on any atom is -0.492 e. The fourth-order valence-electron chi connectivity index (χ4n) is 4.19. The quantitative estimate of drug-likeness (QED) is 0.654. The zero-order valence-corrected chi connectivity index (χ0v) is 18.6. The Bertz CT molecular complexity index is 1020. The maximum Gasteiger partial charge on any atom is 0.282 e. The van der Waals surface area contributed by atoms with Crippen molar-refractivity contribution in [1.29, 1.82) is 0 Å². The van der Waals surface area contributed by atoms with Gasteiger partial charge < -0.3 is 14.4 Å². The fraction of sp³-hybridized carbons (Fsp3) is 0.333. The van der Waals surface area contributed by atoms with Crippen LogP contribution < -0.4 is 9.64 Å². The molecule has 6 nitrogen and oxygen atoms in total. The molecule has 0 N–H and O–H groups in total. The van der Waals surface area contributed by atoms with Gasteiger partial charge in [0.1, 0.15) is 11.4 Å². The van der Waals surface area contributed by atoms with E-state index < -0.39 is 0 Å². The number of carbonyl (C=O) groups is 2. The summed E-state index contributed by atoms with van der Waals surface area (Å²) in [6.07, 6.45) is -0.120. The normalized spacial score (nSPS) is 21.8. The van der Waals surface area contributed by atoms with Crippen LogP contribution in [-0.2, 0) is 14.3 Å². The summed E-state index contributed by atoms with van der Waals surface area (Å²) in [6.45, 7) is 7.27. The predicted molar refractivity (Wildman–Crippen MR) is 120 cm³/mol. The summed E-state index contributed by atoms with van der Waals surface area (Å²) in [5, 5.41) is 0.565. The lowest BCUT2D eigenvalue weighted by Gasteiger charge is -2.37. The lowest BCUT2D eigenvalue weighted by atomic mass is 10.0. The van der Waals surface area contributed by atoms with E-state index in [4.69, 9.17) is 21.1 Å². The van der Waals surface area contributed by atoms with Crippen LogP contribution in [0.15, 0.2) is 54.2 Å². The Hall–Kier alpha value is -2.83. The summed E-state index contributed by atoms with van der Waals surface area (Å²) in [5.74, 6) is -0.239. The molecule has 2 aliphatic heterocycles. The Morgan fingerprint density at radius 2 is 1.65 bits per heavy atom. The van der Waals surface area contributed by atoms with E-state index in [-0.39, 0.29) is 24.0 Å². The number of benzene rings is 2. The first-order chi connectivity index (χ1) is 14.9. The minimum atomic E-state index is -0.374. The molecule has 0 spiro atoms. The van der Waals surface area contributed by atoms with Crippen molar-refractivity contribution in [3.05, 3.63) is 64.8 Å². The lowest BCUT2D eigenvalue weighted by molar-refractivity contribution is -0.121. The van der Waals surface area contributed by atoms with Gasteiger partial charge in [0.2, 0.25) is 0 Å². The van der Waals surface area contributed by atoms with Crippen LogP contribution in [0.4, 0.5) is 5.69 Å². The number of anilines is 1. The van der Waals surface area contributed by atoms with Crippen molar-refractivity contribution in [1.82, 2.24) is 4.90 Å². The molecule has 0 aromatic heterocycles. The van der Waals surface area contributed by atoms with E-state index in [1.165, 1.54) is 4.90 Å². The molecule has 1 fully saturated rings. The molecular weight excluding hydrogens is 416 g/mol. The summed E-state index contributed by atoms with van der Waals surface area (Å²) in [5.41, 5.74) is 1.85. The van der Waals surface area contributed by atoms with E-state index in [0.29, 0.717) is 53.0 Å². The number of hydrogen-bond acceptors (Lipinski definition) is 5. The zero-order chi connectivity index (χ0) is 22.1. The van der Waals surface area contributed by atoms with E-state index in [9.17, 15) is 9.59 Å². The van der Waals surface area contributed by atoms with Crippen molar-refractivity contribution in [3.63, 3.8) is 0 Å². The number of para-hydroxylation sites is 2. The van der Waals surface area contributed by atoms with Crippen molar-refractivity contribution in [2.24, 2.45) is 0 Å². The predicted octanol–water partition coefficient (Wildman–Crippen LogP) is 4.13. The summed E-state index contributed by atoms with van der Waals surface area (Å²) < 4.78 is 11.5. The van der Waals surface area contributed by atoms with Gasteiger partial charge in [0.05, 0.1) is 30.1 Å². The van der Waals surface area contributed by atoms with E-state index in [2.05, 4.69) is 0 Å². The monoisotopic (exact) mass is 440 g/mol. The molecule has 0 radical (unpaired) electrons. The van der Waals surface area contributed by atoms with Gasteiger partial charge in [-0.1, -0.05) is 35.9 Å². The molecule has 2 aliphatic rings. The molecule has 2 unspecified atom stereocenters. The molecule has 2 aromatic carbocycles. The van der Waals surface area contributed by atoms with Gasteiger partial charge in [0, 0.05) is 18.1 Å². The van der Waals surface area contributed by atoms with E-state index in [0.717, 1.165) is 0 Å². The number of ether oxygens (including phenoxy) is 2. The lowest BCUT2D eigenvalue weighted by Crippen LogP contribution is -2.47. The van der Waals surface area contributed by atoms with Crippen molar-refractivity contribution < 1.29 is 19.1 Å². The molecule has 2 heterocycles. The Balaban J connectivity index is 1.84. The molecule has 7 heteroatoms. The van der Waals surface area contributed by atoms with E-state index >= 15 is 0 Å². The number of morpholine rings is 1. The van der Waals surface area contributed by atoms with Crippen LogP contribution in [0.25, 0.3) is 5.57 Å². The molecular formula is C24H25ClN2O4. The zero-order valence-electron chi connectivity index (χ0n) is 17.8. The van der Waals surface area contributed by atoms with E-state index in [1.807, 2.05) is 31.7 Å². The molecule has 2 aromatic rings. The van der Waals surface area contributed by atoms with Crippen LogP contribution in [0.5, 0.6) is 5.75 Å². The Kier molecular flexibility index (Phi) is 6.03. The number of nitrogens with zero attached hydrogens (tertiary/aromatic N) is 2. The van der Waals surface area contributed by atoms with Gasteiger partial charge in [-0.25, -0.2) is 4.90 Å². The smallest absolute Gasteiger partial charge is 0.282 e. The summed E-state index contributed by atoms with van der Waals surface area (Å²) >= 11 is 6.06. The van der Waals surface area contributed by atoms with Crippen LogP contribution in [0.1, 0.15) is 26.3 Å². The maximum absolute atomic E-state index is 13.7. The molecule has 0 saturated carbocycles. The third kappa shape index (κ3) is 4.05. The number of hydrogen-bond donors (Lipinski definition) is 0. The number of rotatable bonds is 5. The van der Waals surface area contributed by atoms with Gasteiger partial charge in [0.15, 0.2) is 0 Å². The topological polar surface area (TPSA) is 59.1 Å². The van der Waals surface area contributed by atoms with Crippen molar-refractivity contribution in [2.75, 3.05) is 24.6 Å². The molecule has 162 valence electrons. The molecule has 31 heavy (non-hydrogen) atoms. The first-order valence-electron chi connectivity index (χ1n) is 10.4. The van der Waals surface area contributed by atoms with Gasteiger partial charge in [-0.2, -0.15) is 0 Å². The van der Waals surface area contributed by atoms with E-state index in [1.54, 1.807) is 42.5 Å². The highest BCUT2D eigenvalue weighted by atomic mass is 35.5. The second-order valence-electron chi connectivity index (χ2n) is 7.74. The van der Waals surface area contributed by atoms with Crippen LogP contribution in [0.3, 0.4) is 0 Å². The molecule has 0 bridgehead atoms. The minimum absolute atomic E-state index is 0.0598. The number of amides is 2. The first kappa shape index (κ1) is 21.4. The number of imide groups is 1. The van der Waals surface area contributed by atoms with Crippen LogP contribution in [0, 0.1) is 0 Å². The Morgan fingerprint density at radius 1 is 1.00 bits per heavy atom. The highest BCUT2D eigenvalue weighted by Crippen LogP contribution is 2.39. The number of carbonyl (C=O) groups excluding carboxylic acids is 2. The van der Waals surface area contributed by atoms with Gasteiger partial charge >= 0.3 is 0 Å². The molecule has 1 saturated heterocycles. The third-order valence-corrected chi connectivity index (χ3v) is 5.59.